The Balaban J connectivity index is 2.12. The maximum absolute atomic E-state index is 12.1. The second-order valence-corrected chi connectivity index (χ2v) is 5.89. The van der Waals surface area contributed by atoms with Gasteiger partial charge in [0.05, 0.1) is 5.71 Å². The SMILES string of the molecule is CCCC/C(=N\NC(=O)c1ccc(Br)cc1)c1ccccc1. The normalized spacial score (nSPS) is 11.3. The van der Waals surface area contributed by atoms with Gasteiger partial charge in [0.1, 0.15) is 0 Å². The number of carbonyl (C=O) groups is 1. The van der Waals surface area contributed by atoms with Crippen molar-refractivity contribution >= 4 is 27.5 Å². The molecular formula is C18H19BrN2O. The Morgan fingerprint density at radius 3 is 2.36 bits per heavy atom. The van der Waals surface area contributed by atoms with Crippen molar-refractivity contribution in [3.8, 4) is 0 Å². The molecule has 0 aliphatic rings. The third kappa shape index (κ3) is 4.81. The van der Waals surface area contributed by atoms with Crippen LogP contribution in [0.15, 0.2) is 64.2 Å². The average Bonchev–Trinajstić information content (AvgIpc) is 2.56. The highest BCUT2D eigenvalue weighted by atomic mass is 79.9. The van der Waals surface area contributed by atoms with Crippen molar-refractivity contribution in [3.63, 3.8) is 0 Å². The lowest BCUT2D eigenvalue weighted by molar-refractivity contribution is 0.0955. The molecule has 2 aromatic rings. The van der Waals surface area contributed by atoms with E-state index in [0.717, 1.165) is 35.0 Å². The lowest BCUT2D eigenvalue weighted by Crippen LogP contribution is -2.20. The molecular weight excluding hydrogens is 340 g/mol. The molecule has 0 saturated carbocycles. The number of hydrogen-bond donors (Lipinski definition) is 1. The number of hydrazone groups is 1. The summed E-state index contributed by atoms with van der Waals surface area (Å²) in [5, 5.41) is 4.34. The molecule has 1 N–H and O–H groups in total. The van der Waals surface area contributed by atoms with Crippen LogP contribution in [0.5, 0.6) is 0 Å². The van der Waals surface area contributed by atoms with Crippen molar-refractivity contribution in [2.75, 3.05) is 0 Å². The van der Waals surface area contributed by atoms with Crippen LogP contribution in [0, 0.1) is 0 Å². The second-order valence-electron chi connectivity index (χ2n) is 4.98. The first-order chi connectivity index (χ1) is 10.7. The zero-order chi connectivity index (χ0) is 15.8. The smallest absolute Gasteiger partial charge is 0.267 e. The van der Waals surface area contributed by atoms with E-state index in [1.165, 1.54) is 0 Å². The molecule has 4 heteroatoms. The zero-order valence-electron chi connectivity index (χ0n) is 12.6. The number of nitrogens with zero attached hydrogens (tertiary/aromatic N) is 1. The van der Waals surface area contributed by atoms with Gasteiger partial charge < -0.3 is 0 Å². The summed E-state index contributed by atoms with van der Waals surface area (Å²) in [6.07, 6.45) is 2.98. The summed E-state index contributed by atoms with van der Waals surface area (Å²) in [5.74, 6) is -0.197. The summed E-state index contributed by atoms with van der Waals surface area (Å²) in [5.41, 5.74) is 5.21. The average molecular weight is 359 g/mol. The van der Waals surface area contributed by atoms with E-state index in [-0.39, 0.29) is 5.91 Å². The Hall–Kier alpha value is -1.94. The third-order valence-corrected chi connectivity index (χ3v) is 3.80. The molecule has 22 heavy (non-hydrogen) atoms. The van der Waals surface area contributed by atoms with Gasteiger partial charge in [-0.05, 0) is 42.7 Å². The largest absolute Gasteiger partial charge is 0.271 e. The first kappa shape index (κ1) is 16.4. The number of amides is 1. The molecule has 0 bridgehead atoms. The Morgan fingerprint density at radius 2 is 1.73 bits per heavy atom. The summed E-state index contributed by atoms with van der Waals surface area (Å²) >= 11 is 3.36. The minimum Gasteiger partial charge on any atom is -0.267 e. The third-order valence-electron chi connectivity index (χ3n) is 3.27. The molecule has 2 aromatic carbocycles. The summed E-state index contributed by atoms with van der Waals surface area (Å²) in [4.78, 5) is 12.1. The minimum absolute atomic E-state index is 0.197. The number of carbonyl (C=O) groups excluding carboxylic acids is 1. The molecule has 0 aliphatic carbocycles. The molecule has 0 saturated heterocycles. The fourth-order valence-corrected chi connectivity index (χ4v) is 2.29. The van der Waals surface area contributed by atoms with Crippen LogP contribution < -0.4 is 5.43 Å². The fraction of sp³-hybridized carbons (Fsp3) is 0.222. The second kappa shape index (κ2) is 8.49. The van der Waals surface area contributed by atoms with E-state index in [1.54, 1.807) is 12.1 Å². The van der Waals surface area contributed by atoms with Crippen LogP contribution in [0.25, 0.3) is 0 Å². The Morgan fingerprint density at radius 1 is 1.05 bits per heavy atom. The van der Waals surface area contributed by atoms with Gasteiger partial charge in [-0.1, -0.05) is 59.6 Å². The van der Waals surface area contributed by atoms with E-state index < -0.39 is 0 Å². The maximum atomic E-state index is 12.1. The number of rotatable bonds is 6. The van der Waals surface area contributed by atoms with Crippen LogP contribution in [-0.4, -0.2) is 11.6 Å². The van der Waals surface area contributed by atoms with Crippen LogP contribution in [-0.2, 0) is 0 Å². The van der Waals surface area contributed by atoms with Gasteiger partial charge in [0.25, 0.3) is 5.91 Å². The molecule has 1 amide bonds. The van der Waals surface area contributed by atoms with Crippen LogP contribution >= 0.6 is 15.9 Å². The van der Waals surface area contributed by atoms with E-state index in [2.05, 4.69) is 33.4 Å². The van der Waals surface area contributed by atoms with Crippen molar-refractivity contribution < 1.29 is 4.79 Å². The van der Waals surface area contributed by atoms with E-state index in [4.69, 9.17) is 0 Å². The Kier molecular flexibility index (Phi) is 6.34. The van der Waals surface area contributed by atoms with Gasteiger partial charge in [-0.15, -0.1) is 0 Å². The van der Waals surface area contributed by atoms with Gasteiger partial charge in [0.2, 0.25) is 0 Å². The van der Waals surface area contributed by atoms with Crippen molar-refractivity contribution in [3.05, 3.63) is 70.2 Å². The summed E-state index contributed by atoms with van der Waals surface area (Å²) in [6, 6.07) is 17.2. The summed E-state index contributed by atoms with van der Waals surface area (Å²) < 4.78 is 0.945. The molecule has 0 heterocycles. The number of halogens is 1. The predicted molar refractivity (Wildman–Crippen MR) is 94.1 cm³/mol. The molecule has 0 atom stereocenters. The van der Waals surface area contributed by atoms with E-state index in [1.807, 2.05) is 42.5 Å². The van der Waals surface area contributed by atoms with Crippen LogP contribution in [0.1, 0.15) is 42.1 Å². The number of nitrogens with one attached hydrogen (secondary N) is 1. The zero-order valence-corrected chi connectivity index (χ0v) is 14.1. The summed E-state index contributed by atoms with van der Waals surface area (Å²) in [6.45, 7) is 2.14. The van der Waals surface area contributed by atoms with Gasteiger partial charge in [-0.3, -0.25) is 4.79 Å². The van der Waals surface area contributed by atoms with Crippen molar-refractivity contribution in [2.24, 2.45) is 5.10 Å². The molecule has 2 rings (SSSR count). The van der Waals surface area contributed by atoms with Gasteiger partial charge >= 0.3 is 0 Å². The number of unbranched alkanes of at least 4 members (excludes halogenated alkanes) is 1. The van der Waals surface area contributed by atoms with Crippen LogP contribution in [0.3, 0.4) is 0 Å². The van der Waals surface area contributed by atoms with Gasteiger partial charge in [0, 0.05) is 10.0 Å². The van der Waals surface area contributed by atoms with Crippen molar-refractivity contribution in [1.29, 1.82) is 0 Å². The summed E-state index contributed by atoms with van der Waals surface area (Å²) in [7, 11) is 0. The van der Waals surface area contributed by atoms with E-state index in [0.29, 0.717) is 5.56 Å². The fourth-order valence-electron chi connectivity index (χ4n) is 2.02. The quantitative estimate of drug-likeness (QED) is 0.586. The van der Waals surface area contributed by atoms with Crippen LogP contribution in [0.2, 0.25) is 0 Å². The molecule has 0 aromatic heterocycles. The molecule has 3 nitrogen and oxygen atoms in total. The molecule has 0 fully saturated rings. The highest BCUT2D eigenvalue weighted by Gasteiger charge is 2.07. The van der Waals surface area contributed by atoms with Crippen LogP contribution in [0.4, 0.5) is 0 Å². The van der Waals surface area contributed by atoms with Crippen molar-refractivity contribution in [2.45, 2.75) is 26.2 Å². The highest BCUT2D eigenvalue weighted by Crippen LogP contribution is 2.11. The monoisotopic (exact) mass is 358 g/mol. The molecule has 0 spiro atoms. The first-order valence-electron chi connectivity index (χ1n) is 7.38. The minimum atomic E-state index is -0.197. The van der Waals surface area contributed by atoms with E-state index in [9.17, 15) is 4.79 Å². The topological polar surface area (TPSA) is 41.5 Å². The molecule has 0 aliphatic heterocycles. The van der Waals surface area contributed by atoms with E-state index >= 15 is 0 Å². The lowest BCUT2D eigenvalue weighted by atomic mass is 10.1. The molecule has 0 radical (unpaired) electrons. The van der Waals surface area contributed by atoms with Gasteiger partial charge in [0.15, 0.2) is 0 Å². The van der Waals surface area contributed by atoms with Crippen molar-refractivity contribution in [1.82, 2.24) is 5.43 Å². The first-order valence-corrected chi connectivity index (χ1v) is 8.18. The molecule has 0 unspecified atom stereocenters. The Bertz CT molecular complexity index is 636. The highest BCUT2D eigenvalue weighted by molar-refractivity contribution is 9.10. The molecule has 114 valence electrons. The maximum Gasteiger partial charge on any atom is 0.271 e. The van der Waals surface area contributed by atoms with Gasteiger partial charge in [-0.25, -0.2) is 5.43 Å². The number of hydrogen-bond acceptors (Lipinski definition) is 2. The number of benzene rings is 2. The lowest BCUT2D eigenvalue weighted by Gasteiger charge is -2.07. The standard InChI is InChI=1S/C18H19BrN2O/c1-2-3-9-17(14-7-5-4-6-8-14)20-21-18(22)15-10-12-16(19)13-11-15/h4-8,10-13H,2-3,9H2,1H3,(H,21,22)/b20-17+. The Labute approximate surface area is 139 Å². The van der Waals surface area contributed by atoms with Gasteiger partial charge in [-0.2, -0.15) is 5.10 Å². The predicted octanol–water partition coefficient (Wildman–Crippen LogP) is 4.77.